The zero-order valence-electron chi connectivity index (χ0n) is 16.7. The fourth-order valence-electron chi connectivity index (χ4n) is 3.22. The Morgan fingerprint density at radius 3 is 2.58 bits per heavy atom. The molecule has 2 unspecified atom stereocenters. The highest BCUT2D eigenvalue weighted by Crippen LogP contribution is 2.40. The molecule has 11 heteroatoms. The maximum atomic E-state index is 14.6. The van der Waals surface area contributed by atoms with Gasteiger partial charge in [-0.3, -0.25) is 14.8 Å². The van der Waals surface area contributed by atoms with Gasteiger partial charge in [-0.25, -0.2) is 13.2 Å². The van der Waals surface area contributed by atoms with Crippen LogP contribution in [0.3, 0.4) is 0 Å². The monoisotopic (exact) mass is 442 g/mol. The smallest absolute Gasteiger partial charge is 0.380 e. The first-order valence-electron chi connectivity index (χ1n) is 9.12. The van der Waals surface area contributed by atoms with Gasteiger partial charge < -0.3 is 15.8 Å². The molecule has 0 saturated heterocycles. The van der Waals surface area contributed by atoms with Crippen molar-refractivity contribution in [1.82, 2.24) is 4.98 Å². The van der Waals surface area contributed by atoms with Gasteiger partial charge in [0.05, 0.1) is 6.10 Å². The number of benzene rings is 1. The first-order valence-corrected chi connectivity index (χ1v) is 9.12. The third-order valence-corrected chi connectivity index (χ3v) is 5.10. The summed E-state index contributed by atoms with van der Waals surface area (Å²) in [5.41, 5.74) is 3.48. The number of carbonyl (C=O) groups is 1. The molecule has 1 amide bonds. The van der Waals surface area contributed by atoms with Crippen LogP contribution in [-0.2, 0) is 10.3 Å². The van der Waals surface area contributed by atoms with E-state index in [2.05, 4.69) is 20.0 Å². The number of hydrogen-bond donors (Lipinski definition) is 2. The summed E-state index contributed by atoms with van der Waals surface area (Å²) in [6, 6.07) is 4.64. The number of aryl methyl sites for hydroxylation is 1. The number of nitrogens with one attached hydrogen (secondary N) is 1. The van der Waals surface area contributed by atoms with E-state index in [1.807, 2.05) is 0 Å². The molecule has 1 aliphatic rings. The minimum Gasteiger partial charge on any atom is -0.380 e. The van der Waals surface area contributed by atoms with Crippen molar-refractivity contribution in [2.24, 2.45) is 10.7 Å². The highest BCUT2D eigenvalue weighted by atomic mass is 19.3. The number of rotatable bonds is 4. The molecule has 2 atom stereocenters. The number of amides is 1. The van der Waals surface area contributed by atoms with Crippen molar-refractivity contribution in [2.45, 2.75) is 44.9 Å². The van der Waals surface area contributed by atoms with Gasteiger partial charge in [-0.2, -0.15) is 8.78 Å². The van der Waals surface area contributed by atoms with Gasteiger partial charge >= 0.3 is 6.11 Å². The van der Waals surface area contributed by atoms with Crippen LogP contribution in [0.15, 0.2) is 35.5 Å². The van der Waals surface area contributed by atoms with Gasteiger partial charge in [0, 0.05) is 23.0 Å². The summed E-state index contributed by atoms with van der Waals surface area (Å²) in [6.07, 6.45) is -6.87. The predicted octanol–water partition coefficient (Wildman–Crippen LogP) is 4.30. The average molecular weight is 442 g/mol. The SMILES string of the molecule is Cc1cc(C(F)F)cnc1C(=O)Nc1ccc(F)c(C2(C)N=C(N)C(F)(F)OC2C)c1. The van der Waals surface area contributed by atoms with Gasteiger partial charge in [-0.1, -0.05) is 0 Å². The number of halogens is 5. The molecule has 166 valence electrons. The maximum absolute atomic E-state index is 14.6. The lowest BCUT2D eigenvalue weighted by molar-refractivity contribution is -0.231. The number of ether oxygens (including phenoxy) is 1. The molecule has 0 spiro atoms. The lowest BCUT2D eigenvalue weighted by Crippen LogP contribution is -2.52. The van der Waals surface area contributed by atoms with E-state index in [0.717, 1.165) is 18.3 Å². The van der Waals surface area contributed by atoms with Gasteiger partial charge in [0.15, 0.2) is 5.84 Å². The number of aliphatic imine (C=N–C) groups is 1. The van der Waals surface area contributed by atoms with Gasteiger partial charge in [0.2, 0.25) is 0 Å². The number of nitrogens with two attached hydrogens (primary N) is 1. The molecule has 0 saturated carbocycles. The molecule has 31 heavy (non-hydrogen) atoms. The first kappa shape index (κ1) is 22.6. The zero-order chi connectivity index (χ0) is 23.1. The van der Waals surface area contributed by atoms with Crippen LogP contribution in [0.5, 0.6) is 0 Å². The Morgan fingerprint density at radius 1 is 1.29 bits per heavy atom. The second-order valence-corrected chi connectivity index (χ2v) is 7.31. The maximum Gasteiger partial charge on any atom is 0.415 e. The summed E-state index contributed by atoms with van der Waals surface area (Å²) >= 11 is 0. The molecule has 0 aliphatic carbocycles. The van der Waals surface area contributed by atoms with E-state index in [4.69, 9.17) is 5.73 Å². The number of anilines is 1. The standard InChI is InChI=1S/C20H19F5N4O2/c1-9-6-11(16(22)23)8-27-15(9)17(30)28-12-4-5-14(21)13(7-12)19(3)10(2)31-20(24,25)18(26)29-19/h4-8,10,16H,1-3H3,(H2,26,29)(H,28,30). The Morgan fingerprint density at radius 2 is 1.97 bits per heavy atom. The van der Waals surface area contributed by atoms with E-state index < -0.39 is 41.7 Å². The lowest BCUT2D eigenvalue weighted by Gasteiger charge is -2.39. The van der Waals surface area contributed by atoms with Crippen LogP contribution < -0.4 is 11.1 Å². The highest BCUT2D eigenvalue weighted by molar-refractivity contribution is 6.03. The van der Waals surface area contributed by atoms with E-state index in [-0.39, 0.29) is 28.1 Å². The quantitative estimate of drug-likeness (QED) is 0.691. The third-order valence-electron chi connectivity index (χ3n) is 5.10. The Bertz CT molecular complexity index is 1060. The number of hydrogen-bond acceptors (Lipinski definition) is 5. The van der Waals surface area contributed by atoms with Crippen LogP contribution in [0, 0.1) is 12.7 Å². The van der Waals surface area contributed by atoms with Crippen LogP contribution in [0.25, 0.3) is 0 Å². The third kappa shape index (κ3) is 4.22. The van der Waals surface area contributed by atoms with E-state index >= 15 is 0 Å². The fraction of sp³-hybridized carbons (Fsp3) is 0.350. The van der Waals surface area contributed by atoms with Crippen LogP contribution >= 0.6 is 0 Å². The minimum atomic E-state index is -3.78. The van der Waals surface area contributed by atoms with Crippen molar-refractivity contribution >= 4 is 17.4 Å². The molecule has 6 nitrogen and oxygen atoms in total. The summed E-state index contributed by atoms with van der Waals surface area (Å²) in [4.78, 5) is 20.1. The van der Waals surface area contributed by atoms with E-state index in [1.165, 1.54) is 32.9 Å². The van der Waals surface area contributed by atoms with Crippen LogP contribution in [0.2, 0.25) is 0 Å². The first-order chi connectivity index (χ1) is 14.3. The second kappa shape index (κ2) is 7.88. The summed E-state index contributed by atoms with van der Waals surface area (Å²) in [5.74, 6) is -2.59. The number of carbonyl (C=O) groups excluding carboxylic acids is 1. The molecule has 2 aromatic rings. The summed E-state index contributed by atoms with van der Waals surface area (Å²) in [6.45, 7) is 4.12. The molecule has 1 aliphatic heterocycles. The predicted molar refractivity (Wildman–Crippen MR) is 103 cm³/mol. The molecule has 3 rings (SSSR count). The number of nitrogens with zero attached hydrogens (tertiary/aromatic N) is 2. The van der Waals surface area contributed by atoms with Crippen molar-refractivity contribution in [2.75, 3.05) is 5.32 Å². The Hall–Kier alpha value is -3.08. The molecule has 0 radical (unpaired) electrons. The highest BCUT2D eigenvalue weighted by Gasteiger charge is 2.50. The van der Waals surface area contributed by atoms with Crippen LogP contribution in [-0.4, -0.2) is 28.9 Å². The Kier molecular flexibility index (Phi) is 5.74. The average Bonchev–Trinajstić information content (AvgIpc) is 2.67. The van der Waals surface area contributed by atoms with Gasteiger partial charge in [0.1, 0.15) is 17.1 Å². The van der Waals surface area contributed by atoms with E-state index in [0.29, 0.717) is 0 Å². The molecule has 0 fully saturated rings. The van der Waals surface area contributed by atoms with E-state index in [9.17, 15) is 26.7 Å². The van der Waals surface area contributed by atoms with Gasteiger partial charge in [0.25, 0.3) is 12.3 Å². The van der Waals surface area contributed by atoms with Gasteiger partial charge in [-0.05, 0) is 50.6 Å². The molecule has 3 N–H and O–H groups in total. The lowest BCUT2D eigenvalue weighted by atomic mass is 9.86. The van der Waals surface area contributed by atoms with Crippen molar-refractivity contribution in [1.29, 1.82) is 0 Å². The van der Waals surface area contributed by atoms with Gasteiger partial charge in [-0.15, -0.1) is 0 Å². The van der Waals surface area contributed by atoms with E-state index in [1.54, 1.807) is 0 Å². The largest absolute Gasteiger partial charge is 0.415 e. The van der Waals surface area contributed by atoms with Crippen LogP contribution in [0.1, 0.15) is 47.5 Å². The van der Waals surface area contributed by atoms with Crippen LogP contribution in [0.4, 0.5) is 27.6 Å². The number of aromatic nitrogens is 1. The molecular weight excluding hydrogens is 423 g/mol. The summed E-state index contributed by atoms with van der Waals surface area (Å²) < 4.78 is 72.1. The summed E-state index contributed by atoms with van der Waals surface area (Å²) in [5, 5.41) is 2.49. The summed E-state index contributed by atoms with van der Waals surface area (Å²) in [7, 11) is 0. The molecule has 1 aromatic heterocycles. The second-order valence-electron chi connectivity index (χ2n) is 7.31. The number of pyridine rings is 1. The fourth-order valence-corrected chi connectivity index (χ4v) is 3.22. The number of amidine groups is 1. The normalized spacial score (nSPS) is 22.9. The van der Waals surface area contributed by atoms with Crippen molar-refractivity contribution in [3.05, 3.63) is 58.7 Å². The minimum absolute atomic E-state index is 0.0993. The molecule has 0 bridgehead atoms. The van der Waals surface area contributed by atoms with Crippen molar-refractivity contribution in [3.8, 4) is 0 Å². The Labute approximate surface area is 174 Å². The van der Waals surface area contributed by atoms with Crippen molar-refractivity contribution < 1.29 is 31.5 Å². The van der Waals surface area contributed by atoms with Crippen molar-refractivity contribution in [3.63, 3.8) is 0 Å². The molecule has 2 heterocycles. The Balaban J connectivity index is 1.93. The number of alkyl halides is 4. The zero-order valence-corrected chi connectivity index (χ0v) is 16.7. The topological polar surface area (TPSA) is 89.6 Å². The molecule has 1 aromatic carbocycles. The molecular formula is C20H19F5N4O2.